The van der Waals surface area contributed by atoms with Crippen molar-refractivity contribution in [2.24, 2.45) is 0 Å². The van der Waals surface area contributed by atoms with E-state index >= 15 is 0 Å². The van der Waals surface area contributed by atoms with E-state index in [9.17, 15) is 9.59 Å². The molecule has 0 amide bonds. The fraction of sp³-hybridized carbons (Fsp3) is 0.789. The van der Waals surface area contributed by atoms with Gasteiger partial charge in [-0.2, -0.15) is 0 Å². The highest BCUT2D eigenvalue weighted by atomic mass is 16.6. The average Bonchev–Trinajstić information content (AvgIpc) is 3.35. The number of hydrogen-bond acceptors (Lipinski definition) is 4. The van der Waals surface area contributed by atoms with Gasteiger partial charge in [0.1, 0.15) is 0 Å². The highest BCUT2D eigenvalue weighted by Crippen LogP contribution is 2.29. The molecule has 0 aliphatic carbocycles. The van der Waals surface area contributed by atoms with Crippen molar-refractivity contribution in [2.75, 3.05) is 7.11 Å². The maximum absolute atomic E-state index is 11.7. The third-order valence-electron chi connectivity index (χ3n) is 4.25. The summed E-state index contributed by atoms with van der Waals surface area (Å²) in [6, 6.07) is 0. The highest BCUT2D eigenvalue weighted by Gasteiger charge is 2.38. The van der Waals surface area contributed by atoms with E-state index in [1.807, 2.05) is 0 Å². The molecule has 0 aromatic rings. The van der Waals surface area contributed by atoms with E-state index in [0.29, 0.717) is 6.42 Å². The van der Waals surface area contributed by atoms with Gasteiger partial charge in [0.25, 0.3) is 5.76 Å². The molecule has 132 valence electrons. The Morgan fingerprint density at radius 2 is 1.26 bits per heavy atom. The van der Waals surface area contributed by atoms with E-state index in [2.05, 4.69) is 11.7 Å². The van der Waals surface area contributed by atoms with Crippen LogP contribution in [0.15, 0.2) is 11.5 Å². The van der Waals surface area contributed by atoms with E-state index in [-0.39, 0.29) is 17.3 Å². The van der Waals surface area contributed by atoms with Crippen molar-refractivity contribution < 1.29 is 19.1 Å². The Morgan fingerprint density at radius 1 is 0.783 bits per heavy atom. The van der Waals surface area contributed by atoms with Crippen molar-refractivity contribution in [3.05, 3.63) is 11.5 Å². The maximum atomic E-state index is 11.7. The van der Waals surface area contributed by atoms with E-state index in [0.717, 1.165) is 12.8 Å². The molecule has 4 heteroatoms. The molecule has 0 atom stereocenters. The van der Waals surface area contributed by atoms with Crippen molar-refractivity contribution in [3.8, 4) is 0 Å². The summed E-state index contributed by atoms with van der Waals surface area (Å²) >= 11 is 0. The maximum Gasteiger partial charge on any atom is 0.378 e. The van der Waals surface area contributed by atoms with E-state index < -0.39 is 5.97 Å². The molecular formula is C19H32O4. The molecule has 1 rings (SSSR count). The lowest BCUT2D eigenvalue weighted by Crippen LogP contribution is -1.98. The third kappa shape index (κ3) is 8.77. The number of ether oxygens (including phenoxy) is 2. The van der Waals surface area contributed by atoms with Crippen LogP contribution in [0.3, 0.4) is 0 Å². The molecule has 0 spiro atoms. The minimum absolute atomic E-state index is 0.0718. The van der Waals surface area contributed by atoms with Gasteiger partial charge in [-0.05, 0) is 6.42 Å². The fourth-order valence-corrected chi connectivity index (χ4v) is 2.73. The van der Waals surface area contributed by atoms with E-state index in [4.69, 9.17) is 4.74 Å². The van der Waals surface area contributed by atoms with E-state index in [1.165, 1.54) is 71.3 Å². The van der Waals surface area contributed by atoms with Crippen LogP contribution in [-0.4, -0.2) is 18.9 Å². The molecule has 1 heterocycles. The molecule has 23 heavy (non-hydrogen) atoms. The van der Waals surface area contributed by atoms with Crippen LogP contribution < -0.4 is 0 Å². The van der Waals surface area contributed by atoms with Crippen molar-refractivity contribution in [2.45, 2.75) is 90.4 Å². The zero-order valence-corrected chi connectivity index (χ0v) is 14.8. The van der Waals surface area contributed by atoms with Crippen molar-refractivity contribution in [1.29, 1.82) is 0 Å². The standard InChI is InChI=1S/C19H32O4/c1-3-4-5-6-7-8-9-10-11-12-13-14-15-16(20)17-18(23-17)19(21)22-2/h3-15H2,1-2H3. The Kier molecular flexibility index (Phi) is 10.4. The Balaban J connectivity index is 1.86. The molecule has 4 nitrogen and oxygen atoms in total. The van der Waals surface area contributed by atoms with Gasteiger partial charge >= 0.3 is 5.97 Å². The second kappa shape index (κ2) is 12.1. The Hall–Kier alpha value is -1.32. The van der Waals surface area contributed by atoms with Crippen LogP contribution in [0.2, 0.25) is 0 Å². The Labute approximate surface area is 140 Å². The van der Waals surface area contributed by atoms with Crippen LogP contribution >= 0.6 is 0 Å². The summed E-state index contributed by atoms with van der Waals surface area (Å²) in [4.78, 5) is 22.8. The molecule has 0 N–H and O–H groups in total. The molecule has 0 fully saturated rings. The summed E-state index contributed by atoms with van der Waals surface area (Å²) < 4.78 is 9.40. The quantitative estimate of drug-likeness (QED) is 0.312. The summed E-state index contributed by atoms with van der Waals surface area (Å²) in [7, 11) is 1.28. The molecule has 0 bridgehead atoms. The minimum Gasteiger partial charge on any atom is -0.463 e. The van der Waals surface area contributed by atoms with Gasteiger partial charge in [0.05, 0.1) is 7.11 Å². The number of rotatable bonds is 15. The van der Waals surface area contributed by atoms with Gasteiger partial charge in [-0.15, -0.1) is 0 Å². The van der Waals surface area contributed by atoms with Crippen LogP contribution in [0.25, 0.3) is 0 Å². The smallest absolute Gasteiger partial charge is 0.378 e. The lowest BCUT2D eigenvalue weighted by molar-refractivity contribution is -0.137. The first-order valence-electron chi connectivity index (χ1n) is 9.24. The number of ketones is 1. The lowest BCUT2D eigenvalue weighted by atomic mass is 10.0. The number of methoxy groups -OCH3 is 1. The van der Waals surface area contributed by atoms with Crippen molar-refractivity contribution in [1.82, 2.24) is 0 Å². The number of esters is 1. The molecule has 0 saturated heterocycles. The van der Waals surface area contributed by atoms with Gasteiger partial charge in [0.2, 0.25) is 11.5 Å². The zero-order valence-electron chi connectivity index (χ0n) is 14.8. The summed E-state index contributed by atoms with van der Waals surface area (Å²) in [5, 5.41) is 0. The van der Waals surface area contributed by atoms with Crippen LogP contribution in [0.5, 0.6) is 0 Å². The summed E-state index contributed by atoms with van der Waals surface area (Å²) in [6.45, 7) is 2.25. The molecule has 1 aliphatic heterocycles. The van der Waals surface area contributed by atoms with Crippen LogP contribution in [0.4, 0.5) is 0 Å². The predicted octanol–water partition coefficient (Wildman–Crippen LogP) is 5.06. The number of carbonyl (C=O) groups excluding carboxylic acids is 2. The molecule has 1 aliphatic rings. The Morgan fingerprint density at radius 3 is 1.74 bits per heavy atom. The second-order valence-corrected chi connectivity index (χ2v) is 6.31. The van der Waals surface area contributed by atoms with Crippen molar-refractivity contribution >= 4 is 11.8 Å². The summed E-state index contributed by atoms with van der Waals surface area (Å²) in [5.41, 5.74) is 0. The first-order chi connectivity index (χ1) is 11.2. The fourth-order valence-electron chi connectivity index (χ4n) is 2.73. The van der Waals surface area contributed by atoms with Gasteiger partial charge in [-0.25, -0.2) is 4.79 Å². The molecular weight excluding hydrogens is 292 g/mol. The monoisotopic (exact) mass is 324 g/mol. The zero-order chi connectivity index (χ0) is 16.9. The number of carbonyl (C=O) groups is 2. The normalized spacial score (nSPS) is 13.0. The number of hydrogen-bond donors (Lipinski definition) is 0. The highest BCUT2D eigenvalue weighted by molar-refractivity contribution is 6.06. The lowest BCUT2D eigenvalue weighted by Gasteiger charge is -2.02. The van der Waals surface area contributed by atoms with Gasteiger partial charge in [-0.1, -0.05) is 77.6 Å². The minimum atomic E-state index is -0.553. The van der Waals surface area contributed by atoms with Gasteiger partial charge < -0.3 is 9.47 Å². The number of allylic oxidation sites excluding steroid dienone is 1. The second-order valence-electron chi connectivity index (χ2n) is 6.31. The topological polar surface area (TPSA) is 55.9 Å². The average molecular weight is 324 g/mol. The number of unbranched alkanes of at least 4 members (excludes halogenated alkanes) is 11. The largest absolute Gasteiger partial charge is 0.463 e. The Bertz CT molecular complexity index is 398. The van der Waals surface area contributed by atoms with Crippen molar-refractivity contribution in [3.63, 3.8) is 0 Å². The van der Waals surface area contributed by atoms with Crippen LogP contribution in [0.1, 0.15) is 90.4 Å². The molecule has 0 aromatic heterocycles. The molecule has 0 radical (unpaired) electrons. The van der Waals surface area contributed by atoms with Crippen LogP contribution in [0, 0.1) is 0 Å². The van der Waals surface area contributed by atoms with Gasteiger partial charge in [-0.3, -0.25) is 4.79 Å². The predicted molar refractivity (Wildman–Crippen MR) is 90.8 cm³/mol. The molecule has 0 aromatic carbocycles. The van der Waals surface area contributed by atoms with Gasteiger partial charge in [0, 0.05) is 6.42 Å². The summed E-state index contributed by atoms with van der Waals surface area (Å²) in [6.07, 6.45) is 15.7. The van der Waals surface area contributed by atoms with Crippen LogP contribution in [-0.2, 0) is 19.1 Å². The first kappa shape index (κ1) is 19.7. The molecule has 0 unspecified atom stereocenters. The SMILES string of the molecule is CCCCCCCCCCCCCCC(=O)C1=C(C(=O)OC)O1. The first-order valence-corrected chi connectivity index (χ1v) is 9.24. The van der Waals surface area contributed by atoms with Gasteiger partial charge in [0.15, 0.2) is 0 Å². The third-order valence-corrected chi connectivity index (χ3v) is 4.25. The van der Waals surface area contributed by atoms with E-state index in [1.54, 1.807) is 0 Å². The number of Topliss-reactive ketones (excluding diaryl/α,β-unsaturated/α-hetero) is 1. The molecule has 0 saturated carbocycles. The summed E-state index contributed by atoms with van der Waals surface area (Å²) in [5.74, 6) is -0.322.